The lowest BCUT2D eigenvalue weighted by molar-refractivity contribution is -0.132. The van der Waals surface area contributed by atoms with Gasteiger partial charge in [-0.05, 0) is 62.8 Å². The summed E-state index contributed by atoms with van der Waals surface area (Å²) in [5, 5.41) is 3.88. The summed E-state index contributed by atoms with van der Waals surface area (Å²) in [4.78, 5) is 20.9. The first-order valence-corrected chi connectivity index (χ1v) is 16.8. The van der Waals surface area contributed by atoms with Gasteiger partial charge in [0.05, 0.1) is 18.0 Å². The average molecular weight is 607 g/mol. The number of aliphatic imine (C=N–C) groups is 1. The van der Waals surface area contributed by atoms with Crippen molar-refractivity contribution in [2.24, 2.45) is 4.99 Å². The van der Waals surface area contributed by atoms with Gasteiger partial charge in [0.2, 0.25) is 0 Å². The predicted molar refractivity (Wildman–Crippen MR) is 167 cm³/mol. The summed E-state index contributed by atoms with van der Waals surface area (Å²) in [6.45, 7) is 8.81. The molecule has 230 valence electrons. The second kappa shape index (κ2) is 13.0. The Hall–Kier alpha value is -3.50. The molecule has 43 heavy (non-hydrogen) atoms. The average Bonchev–Trinajstić information content (AvgIpc) is 3.45. The molecular formula is C33H42N4O5S. The Kier molecular flexibility index (Phi) is 9.36. The largest absolute Gasteiger partial charge is 0.377 e. The maximum Gasteiger partial charge on any atom is 0.263 e. The molecule has 5 rings (SSSR count). The lowest BCUT2D eigenvalue weighted by Gasteiger charge is -2.30. The number of hydrogen-bond donors (Lipinski definition) is 1. The molecule has 1 saturated carbocycles. The molecule has 1 aromatic heterocycles. The van der Waals surface area contributed by atoms with Crippen LogP contribution in [0.5, 0.6) is 0 Å². The van der Waals surface area contributed by atoms with Gasteiger partial charge in [0.15, 0.2) is 5.82 Å². The highest BCUT2D eigenvalue weighted by atomic mass is 32.2. The number of nitrogens with zero attached hydrogens (tertiary/aromatic N) is 3. The van der Waals surface area contributed by atoms with Gasteiger partial charge >= 0.3 is 0 Å². The van der Waals surface area contributed by atoms with Crippen molar-refractivity contribution in [1.82, 2.24) is 10.1 Å². The Labute approximate surface area is 254 Å². The molecule has 2 aliphatic rings. The van der Waals surface area contributed by atoms with Gasteiger partial charge in [0, 0.05) is 24.2 Å². The third kappa shape index (κ3) is 6.40. The first-order valence-electron chi connectivity index (χ1n) is 15.3. The SMILES string of the molecule is CCCCC1=NC2(CCCCC2)C(=O)N1Cc1ccc(-c2ccccc2S(=O)(=O)Nc2noc(C)c2C)c(COCC)c1. The van der Waals surface area contributed by atoms with Crippen LogP contribution in [0.3, 0.4) is 0 Å². The van der Waals surface area contributed by atoms with Crippen molar-refractivity contribution >= 4 is 27.6 Å². The van der Waals surface area contributed by atoms with Crippen LogP contribution >= 0.6 is 0 Å². The molecule has 9 nitrogen and oxygen atoms in total. The molecule has 10 heteroatoms. The van der Waals surface area contributed by atoms with E-state index in [0.717, 1.165) is 73.9 Å². The van der Waals surface area contributed by atoms with Gasteiger partial charge < -0.3 is 9.26 Å². The van der Waals surface area contributed by atoms with Crippen LogP contribution in [0.2, 0.25) is 0 Å². The Bertz CT molecular complexity index is 1600. The number of rotatable bonds is 12. The Balaban J connectivity index is 1.48. The topological polar surface area (TPSA) is 114 Å². The molecule has 1 fully saturated rings. The quantitative estimate of drug-likeness (QED) is 0.239. The van der Waals surface area contributed by atoms with Crippen LogP contribution in [0.1, 0.15) is 87.7 Å². The standard InChI is InChI=1S/C33H42N4O5S/c1-5-7-15-30-34-33(18-11-8-12-19-33)32(38)37(30)21-25-16-17-27(26(20-25)22-41-6-2)28-13-9-10-14-29(28)43(39,40)36-31-23(3)24(4)42-35-31/h9-10,13-14,16-17,20H,5-8,11-12,15,18-19,21-22H2,1-4H3,(H,35,36). The fourth-order valence-electron chi connectivity index (χ4n) is 6.02. The number of hydrogen-bond acceptors (Lipinski definition) is 7. The van der Waals surface area contributed by atoms with Crippen LogP contribution in [-0.4, -0.2) is 42.4 Å². The zero-order valence-electron chi connectivity index (χ0n) is 25.6. The summed E-state index contributed by atoms with van der Waals surface area (Å²) in [7, 11) is -3.99. The van der Waals surface area contributed by atoms with Crippen molar-refractivity contribution < 1.29 is 22.5 Å². The number of sulfonamides is 1. The van der Waals surface area contributed by atoms with E-state index >= 15 is 0 Å². The maximum atomic E-state index is 13.8. The van der Waals surface area contributed by atoms with E-state index in [1.807, 2.05) is 36.1 Å². The van der Waals surface area contributed by atoms with Crippen LogP contribution < -0.4 is 4.72 Å². The van der Waals surface area contributed by atoms with Gasteiger partial charge in [-0.15, -0.1) is 0 Å². The number of amidine groups is 1. The molecular weight excluding hydrogens is 564 g/mol. The van der Waals surface area contributed by atoms with E-state index in [0.29, 0.717) is 36.6 Å². The summed E-state index contributed by atoms with van der Waals surface area (Å²) < 4.78 is 40.8. The second-order valence-corrected chi connectivity index (χ2v) is 13.2. The lowest BCUT2D eigenvalue weighted by Crippen LogP contribution is -2.43. The minimum Gasteiger partial charge on any atom is -0.377 e. The zero-order valence-corrected chi connectivity index (χ0v) is 26.4. The number of amides is 1. The molecule has 2 aromatic carbocycles. The molecule has 0 radical (unpaired) electrons. The number of aromatic nitrogens is 1. The minimum absolute atomic E-state index is 0.120. The monoisotopic (exact) mass is 606 g/mol. The van der Waals surface area contributed by atoms with E-state index in [9.17, 15) is 13.2 Å². The summed E-state index contributed by atoms with van der Waals surface area (Å²) in [6, 6.07) is 12.8. The fraction of sp³-hybridized carbons (Fsp3) is 0.485. The van der Waals surface area contributed by atoms with Gasteiger partial charge in [-0.2, -0.15) is 0 Å². The molecule has 1 spiro atoms. The number of unbranched alkanes of at least 4 members (excludes halogenated alkanes) is 1. The molecule has 0 saturated heterocycles. The number of ether oxygens (including phenoxy) is 1. The van der Waals surface area contributed by atoms with Crippen LogP contribution in [-0.2, 0) is 32.7 Å². The molecule has 1 aliphatic carbocycles. The normalized spacial score (nSPS) is 16.6. The van der Waals surface area contributed by atoms with E-state index in [-0.39, 0.29) is 16.6 Å². The van der Waals surface area contributed by atoms with E-state index < -0.39 is 15.6 Å². The second-order valence-electron chi connectivity index (χ2n) is 11.6. The number of carbonyl (C=O) groups excluding carboxylic acids is 1. The summed E-state index contributed by atoms with van der Waals surface area (Å²) in [5.74, 6) is 1.73. The van der Waals surface area contributed by atoms with E-state index in [4.69, 9.17) is 14.3 Å². The van der Waals surface area contributed by atoms with Gasteiger partial charge in [-0.25, -0.2) is 8.42 Å². The first-order chi connectivity index (χ1) is 20.7. The predicted octanol–water partition coefficient (Wildman–Crippen LogP) is 6.93. The fourth-order valence-corrected chi connectivity index (χ4v) is 7.30. The van der Waals surface area contributed by atoms with E-state index in [2.05, 4.69) is 16.8 Å². The maximum absolute atomic E-state index is 13.8. The van der Waals surface area contributed by atoms with Crippen molar-refractivity contribution in [3.63, 3.8) is 0 Å². The van der Waals surface area contributed by atoms with Gasteiger partial charge in [0.25, 0.3) is 15.9 Å². The van der Waals surface area contributed by atoms with Crippen molar-refractivity contribution in [2.75, 3.05) is 11.3 Å². The Morgan fingerprint density at radius 3 is 2.51 bits per heavy atom. The van der Waals surface area contributed by atoms with Crippen molar-refractivity contribution in [1.29, 1.82) is 0 Å². The molecule has 1 amide bonds. The summed E-state index contributed by atoms with van der Waals surface area (Å²) in [6.07, 6.45) is 7.67. The first kappa shape index (κ1) is 30.9. The zero-order chi connectivity index (χ0) is 30.6. The third-order valence-corrected chi connectivity index (χ3v) is 9.96. The number of benzene rings is 2. The summed E-state index contributed by atoms with van der Waals surface area (Å²) in [5.41, 5.74) is 3.14. The summed E-state index contributed by atoms with van der Waals surface area (Å²) >= 11 is 0. The molecule has 1 N–H and O–H groups in total. The van der Waals surface area contributed by atoms with Gasteiger partial charge in [0.1, 0.15) is 17.1 Å². The molecule has 1 aliphatic heterocycles. The number of nitrogens with one attached hydrogen (secondary N) is 1. The van der Waals surface area contributed by atoms with E-state index in [1.165, 1.54) is 0 Å². The highest BCUT2D eigenvalue weighted by molar-refractivity contribution is 7.92. The molecule has 0 unspecified atom stereocenters. The molecule has 2 heterocycles. The van der Waals surface area contributed by atoms with Crippen LogP contribution in [0.25, 0.3) is 11.1 Å². The highest BCUT2D eigenvalue weighted by Gasteiger charge is 2.48. The van der Waals surface area contributed by atoms with Crippen LogP contribution in [0, 0.1) is 13.8 Å². The Morgan fingerprint density at radius 1 is 1.05 bits per heavy atom. The van der Waals surface area contributed by atoms with Crippen molar-refractivity contribution in [2.45, 2.75) is 103 Å². The Morgan fingerprint density at radius 2 is 1.81 bits per heavy atom. The third-order valence-electron chi connectivity index (χ3n) is 8.56. The molecule has 0 atom stereocenters. The smallest absolute Gasteiger partial charge is 0.263 e. The minimum atomic E-state index is -3.99. The number of anilines is 1. The van der Waals surface area contributed by atoms with Crippen LogP contribution in [0.4, 0.5) is 5.82 Å². The molecule has 0 bridgehead atoms. The van der Waals surface area contributed by atoms with Crippen LogP contribution in [0.15, 0.2) is 56.9 Å². The number of carbonyl (C=O) groups is 1. The van der Waals surface area contributed by atoms with Crippen molar-refractivity contribution in [3.05, 3.63) is 64.9 Å². The van der Waals surface area contributed by atoms with E-state index in [1.54, 1.807) is 32.0 Å². The van der Waals surface area contributed by atoms with Gasteiger partial charge in [-0.1, -0.05) is 74.2 Å². The lowest BCUT2D eigenvalue weighted by atomic mass is 9.82. The number of aryl methyl sites for hydroxylation is 1. The van der Waals surface area contributed by atoms with Gasteiger partial charge in [-0.3, -0.25) is 19.4 Å². The molecule has 3 aromatic rings. The highest BCUT2D eigenvalue weighted by Crippen LogP contribution is 2.39. The van der Waals surface area contributed by atoms with Crippen molar-refractivity contribution in [3.8, 4) is 11.1 Å².